The molecule has 5 heteroatoms. The van der Waals surface area contributed by atoms with Gasteiger partial charge in [0.15, 0.2) is 0 Å². The van der Waals surface area contributed by atoms with Crippen LogP contribution in [0.4, 0.5) is 0 Å². The third-order valence-corrected chi connectivity index (χ3v) is 7.24. The highest BCUT2D eigenvalue weighted by Crippen LogP contribution is 2.46. The Morgan fingerprint density at radius 3 is 2.24 bits per heavy atom. The van der Waals surface area contributed by atoms with Gasteiger partial charge in [-0.25, -0.2) is 4.79 Å². The van der Waals surface area contributed by atoms with Crippen molar-refractivity contribution in [3.8, 4) is 5.75 Å². The lowest BCUT2D eigenvalue weighted by Crippen LogP contribution is -2.02. The fraction of sp³-hybridized carbons (Fsp3) is 0.550. The van der Waals surface area contributed by atoms with Crippen LogP contribution in [-0.4, -0.2) is 16.6 Å². The summed E-state index contributed by atoms with van der Waals surface area (Å²) in [6.45, 7) is 8.14. The predicted octanol–water partition coefficient (Wildman–Crippen LogP) is 6.18. The largest absolute Gasteiger partial charge is 0.507 e. The topological polar surface area (TPSA) is 50.4 Å². The normalized spacial score (nSPS) is 11.6. The van der Waals surface area contributed by atoms with E-state index in [0.29, 0.717) is 11.1 Å². The number of phenols is 1. The van der Waals surface area contributed by atoms with Crippen molar-refractivity contribution in [2.45, 2.75) is 58.0 Å². The molecule has 0 atom stereocenters. The van der Waals surface area contributed by atoms with Gasteiger partial charge in [-0.2, -0.15) is 0 Å². The molecule has 0 aliphatic heterocycles. The lowest BCUT2D eigenvalue weighted by Gasteiger charge is -2.20. The minimum Gasteiger partial charge on any atom is -0.507 e. The van der Waals surface area contributed by atoms with E-state index >= 15 is 0 Å². The van der Waals surface area contributed by atoms with Crippen molar-refractivity contribution >= 4 is 34.5 Å². The zero-order chi connectivity index (χ0) is 18.4. The van der Waals surface area contributed by atoms with Crippen LogP contribution in [-0.2, 0) is 0 Å². The molecule has 2 aromatic rings. The summed E-state index contributed by atoms with van der Waals surface area (Å²) >= 11 is 3.80. The molecule has 0 saturated carbocycles. The maximum atomic E-state index is 11.7. The molecule has 0 amide bonds. The van der Waals surface area contributed by atoms with Crippen LogP contribution in [0.3, 0.4) is 0 Å². The Morgan fingerprint density at radius 2 is 1.68 bits per heavy atom. The van der Waals surface area contributed by atoms with Crippen molar-refractivity contribution in [3.05, 3.63) is 39.2 Å². The van der Waals surface area contributed by atoms with Gasteiger partial charge < -0.3 is 9.52 Å². The molecule has 25 heavy (non-hydrogen) atoms. The number of thioether (sulfide) groups is 2. The number of aromatic hydroxyl groups is 1. The molecule has 0 spiro atoms. The maximum absolute atomic E-state index is 11.7. The molecule has 0 saturated heterocycles. The summed E-state index contributed by atoms with van der Waals surface area (Å²) in [6, 6.07) is 3.53. The first-order valence-electron chi connectivity index (χ1n) is 8.99. The third-order valence-electron chi connectivity index (χ3n) is 4.26. The van der Waals surface area contributed by atoms with Gasteiger partial charge in [-0.05, 0) is 49.8 Å². The van der Waals surface area contributed by atoms with Gasteiger partial charge in [0.25, 0.3) is 0 Å². The fourth-order valence-electron chi connectivity index (χ4n) is 2.70. The number of fused-ring (bicyclic) bond motifs is 1. The molecule has 138 valence electrons. The molecule has 3 nitrogen and oxygen atoms in total. The van der Waals surface area contributed by atoms with Gasteiger partial charge in [-0.15, -0.1) is 23.5 Å². The van der Waals surface area contributed by atoms with Crippen LogP contribution in [0, 0.1) is 13.8 Å². The Bertz CT molecular complexity index is 758. The highest BCUT2D eigenvalue weighted by molar-refractivity contribution is 8.16. The van der Waals surface area contributed by atoms with Gasteiger partial charge in [0.2, 0.25) is 0 Å². The maximum Gasteiger partial charge on any atom is 0.336 e. The van der Waals surface area contributed by atoms with Gasteiger partial charge >= 0.3 is 5.63 Å². The Morgan fingerprint density at radius 1 is 1.08 bits per heavy atom. The summed E-state index contributed by atoms with van der Waals surface area (Å²) in [4.78, 5) is 11.7. The van der Waals surface area contributed by atoms with E-state index < -0.39 is 0 Å². The van der Waals surface area contributed by atoms with E-state index in [2.05, 4.69) is 13.8 Å². The smallest absolute Gasteiger partial charge is 0.336 e. The number of benzene rings is 1. The summed E-state index contributed by atoms with van der Waals surface area (Å²) in [5, 5.41) is 11.7. The second kappa shape index (κ2) is 9.58. The van der Waals surface area contributed by atoms with Crippen LogP contribution >= 0.6 is 23.5 Å². The van der Waals surface area contributed by atoms with E-state index in [4.69, 9.17) is 4.42 Å². The first-order chi connectivity index (χ1) is 12.0. The average Bonchev–Trinajstić information content (AvgIpc) is 2.58. The van der Waals surface area contributed by atoms with Crippen LogP contribution in [0.15, 0.2) is 21.3 Å². The SMILES string of the molecule is CCCCSC(SCCCC)c1cc2c(C)cc(=O)oc2c(C)c1O. The van der Waals surface area contributed by atoms with Crippen LogP contribution in [0.25, 0.3) is 11.0 Å². The standard InChI is InChI=1S/C20H28O3S2/c1-5-7-9-24-20(25-10-8-6-2)16-12-15-13(3)11-17(21)23-19(15)14(4)18(16)22/h11-12,20,22H,5-10H2,1-4H3. The van der Waals surface area contributed by atoms with E-state index in [9.17, 15) is 9.90 Å². The second-order valence-electron chi connectivity index (χ2n) is 6.35. The van der Waals surface area contributed by atoms with E-state index in [1.165, 1.54) is 31.7 Å². The lowest BCUT2D eigenvalue weighted by atomic mass is 10.0. The zero-order valence-electron chi connectivity index (χ0n) is 15.6. The minimum atomic E-state index is -0.369. The Balaban J connectivity index is 2.46. The van der Waals surface area contributed by atoms with Crippen molar-refractivity contribution in [2.24, 2.45) is 0 Å². The van der Waals surface area contributed by atoms with Gasteiger partial charge in [0.05, 0.1) is 4.58 Å². The monoisotopic (exact) mass is 380 g/mol. The average molecular weight is 381 g/mol. The number of rotatable bonds is 9. The molecule has 0 fully saturated rings. The molecule has 0 aliphatic rings. The van der Waals surface area contributed by atoms with Gasteiger partial charge in [0.1, 0.15) is 11.3 Å². The summed E-state index contributed by atoms with van der Waals surface area (Å²) in [5.41, 5.74) is 2.63. The summed E-state index contributed by atoms with van der Waals surface area (Å²) in [7, 11) is 0. The molecule has 1 heterocycles. The zero-order valence-corrected chi connectivity index (χ0v) is 17.2. The number of hydrogen-bond acceptors (Lipinski definition) is 5. The van der Waals surface area contributed by atoms with Crippen molar-refractivity contribution < 1.29 is 9.52 Å². The van der Waals surface area contributed by atoms with E-state index in [1.807, 2.05) is 43.4 Å². The summed E-state index contributed by atoms with van der Waals surface area (Å²) < 4.78 is 5.56. The number of hydrogen-bond donors (Lipinski definition) is 1. The predicted molar refractivity (Wildman–Crippen MR) is 111 cm³/mol. The van der Waals surface area contributed by atoms with Crippen molar-refractivity contribution in [1.82, 2.24) is 0 Å². The van der Waals surface area contributed by atoms with E-state index in [0.717, 1.165) is 28.0 Å². The molecule has 1 N–H and O–H groups in total. The molecular weight excluding hydrogens is 352 g/mol. The van der Waals surface area contributed by atoms with Crippen LogP contribution in [0.5, 0.6) is 5.75 Å². The van der Waals surface area contributed by atoms with Crippen molar-refractivity contribution in [3.63, 3.8) is 0 Å². The van der Waals surface area contributed by atoms with Gasteiger partial charge in [-0.1, -0.05) is 26.7 Å². The van der Waals surface area contributed by atoms with Crippen LogP contribution < -0.4 is 5.63 Å². The van der Waals surface area contributed by atoms with Crippen LogP contribution in [0.2, 0.25) is 0 Å². The molecule has 0 radical (unpaired) electrons. The minimum absolute atomic E-state index is 0.201. The summed E-state index contributed by atoms with van der Waals surface area (Å²) in [5.74, 6) is 2.43. The molecule has 0 aliphatic carbocycles. The summed E-state index contributed by atoms with van der Waals surface area (Å²) in [6.07, 6.45) is 4.70. The third kappa shape index (κ3) is 4.98. The molecular formula is C20H28O3S2. The second-order valence-corrected chi connectivity index (χ2v) is 9.07. The number of aryl methyl sites for hydroxylation is 2. The lowest BCUT2D eigenvalue weighted by molar-refractivity contribution is 0.463. The number of unbranched alkanes of at least 4 members (excludes halogenated alkanes) is 2. The Kier molecular flexibility index (Phi) is 7.76. The van der Waals surface area contributed by atoms with E-state index in [-0.39, 0.29) is 16.0 Å². The molecule has 1 aromatic heterocycles. The van der Waals surface area contributed by atoms with Gasteiger partial charge in [-0.3, -0.25) is 0 Å². The Labute approximate surface area is 158 Å². The molecule has 0 bridgehead atoms. The van der Waals surface area contributed by atoms with Crippen molar-refractivity contribution in [2.75, 3.05) is 11.5 Å². The first kappa shape index (κ1) is 20.2. The highest BCUT2D eigenvalue weighted by Gasteiger charge is 2.21. The van der Waals surface area contributed by atoms with E-state index in [1.54, 1.807) is 0 Å². The first-order valence-corrected chi connectivity index (χ1v) is 11.1. The Hall–Kier alpha value is -1.07. The molecule has 0 unspecified atom stereocenters. The van der Waals surface area contributed by atoms with Gasteiger partial charge in [0, 0.05) is 22.6 Å². The highest BCUT2D eigenvalue weighted by atomic mass is 32.2. The fourth-order valence-corrected chi connectivity index (χ4v) is 5.72. The van der Waals surface area contributed by atoms with Crippen molar-refractivity contribution in [1.29, 1.82) is 0 Å². The number of phenolic OH excluding ortho intramolecular Hbond substituents is 1. The molecule has 2 rings (SSSR count). The quantitative estimate of drug-likeness (QED) is 0.320. The molecule has 1 aromatic carbocycles. The van der Waals surface area contributed by atoms with Crippen LogP contribution in [0.1, 0.15) is 60.8 Å².